The van der Waals surface area contributed by atoms with E-state index in [1.165, 1.54) is 5.56 Å². The van der Waals surface area contributed by atoms with Gasteiger partial charge in [0.2, 0.25) is 0 Å². The summed E-state index contributed by atoms with van der Waals surface area (Å²) < 4.78 is 10.6. The first kappa shape index (κ1) is 17.6. The van der Waals surface area contributed by atoms with Crippen molar-refractivity contribution in [3.05, 3.63) is 58.6 Å². The molecular formula is C19H24ClNO2. The van der Waals surface area contributed by atoms with Crippen LogP contribution in [0.25, 0.3) is 0 Å². The molecule has 0 unspecified atom stereocenters. The van der Waals surface area contributed by atoms with Crippen molar-refractivity contribution in [3.63, 3.8) is 0 Å². The molecule has 4 heteroatoms. The summed E-state index contributed by atoms with van der Waals surface area (Å²) in [7, 11) is 3.21. The smallest absolute Gasteiger partial charge is 0.179 e. The van der Waals surface area contributed by atoms with Crippen LogP contribution < -0.4 is 14.8 Å². The number of ether oxygens (including phenoxy) is 2. The molecule has 124 valence electrons. The fourth-order valence-electron chi connectivity index (χ4n) is 2.50. The Balaban J connectivity index is 1.89. The third-order valence-corrected chi connectivity index (χ3v) is 4.14. The van der Waals surface area contributed by atoms with Crippen molar-refractivity contribution < 1.29 is 9.47 Å². The van der Waals surface area contributed by atoms with Crippen LogP contribution in [0.3, 0.4) is 0 Å². The second-order valence-corrected chi connectivity index (χ2v) is 6.03. The standard InChI is InChI=1S/C19H24ClNO2/c1-14(9-10-15-7-5-4-6-8-15)21-13-16-11-17(20)19(23-3)18(12-16)22-2/h4-8,11-12,14,21H,9-10,13H2,1-3H3/t14-/m1/s1. The Hall–Kier alpha value is -1.71. The fourth-order valence-corrected chi connectivity index (χ4v) is 2.81. The molecule has 0 aliphatic heterocycles. The topological polar surface area (TPSA) is 30.5 Å². The predicted molar refractivity (Wildman–Crippen MR) is 95.6 cm³/mol. The first-order valence-electron chi connectivity index (χ1n) is 7.81. The zero-order valence-electron chi connectivity index (χ0n) is 13.9. The number of methoxy groups -OCH3 is 2. The van der Waals surface area contributed by atoms with Gasteiger partial charge in [0, 0.05) is 12.6 Å². The van der Waals surface area contributed by atoms with Gasteiger partial charge in [-0.15, -0.1) is 0 Å². The molecule has 0 radical (unpaired) electrons. The largest absolute Gasteiger partial charge is 0.493 e. The third-order valence-electron chi connectivity index (χ3n) is 3.86. The Labute approximate surface area is 143 Å². The Bertz CT molecular complexity index is 616. The van der Waals surface area contributed by atoms with Gasteiger partial charge in [-0.2, -0.15) is 0 Å². The Morgan fingerprint density at radius 3 is 2.43 bits per heavy atom. The van der Waals surface area contributed by atoms with Crippen molar-refractivity contribution in [3.8, 4) is 11.5 Å². The Morgan fingerprint density at radius 2 is 1.78 bits per heavy atom. The molecule has 0 saturated heterocycles. The summed E-state index contributed by atoms with van der Waals surface area (Å²) in [5.41, 5.74) is 2.45. The lowest BCUT2D eigenvalue weighted by Crippen LogP contribution is -2.26. The van der Waals surface area contributed by atoms with Crippen LogP contribution in [0, 0.1) is 0 Å². The van der Waals surface area contributed by atoms with E-state index in [9.17, 15) is 0 Å². The second kappa shape index (κ2) is 8.80. The molecule has 0 fully saturated rings. The molecule has 0 saturated carbocycles. The molecule has 0 aromatic heterocycles. The van der Waals surface area contributed by atoms with Crippen LogP contribution in [0.5, 0.6) is 11.5 Å². The van der Waals surface area contributed by atoms with Gasteiger partial charge in [0.25, 0.3) is 0 Å². The summed E-state index contributed by atoms with van der Waals surface area (Å²) in [5, 5.41) is 4.10. The monoisotopic (exact) mass is 333 g/mol. The van der Waals surface area contributed by atoms with Gasteiger partial charge < -0.3 is 14.8 Å². The highest BCUT2D eigenvalue weighted by molar-refractivity contribution is 6.32. The van der Waals surface area contributed by atoms with Crippen molar-refractivity contribution >= 4 is 11.6 Å². The number of hydrogen-bond acceptors (Lipinski definition) is 3. The number of nitrogens with one attached hydrogen (secondary N) is 1. The molecule has 1 N–H and O–H groups in total. The minimum absolute atomic E-state index is 0.419. The minimum Gasteiger partial charge on any atom is -0.493 e. The van der Waals surface area contributed by atoms with E-state index in [1.54, 1.807) is 14.2 Å². The maximum atomic E-state index is 6.24. The van der Waals surface area contributed by atoms with E-state index < -0.39 is 0 Å². The normalized spacial score (nSPS) is 12.0. The van der Waals surface area contributed by atoms with E-state index in [1.807, 2.05) is 18.2 Å². The van der Waals surface area contributed by atoms with E-state index in [4.69, 9.17) is 21.1 Å². The highest BCUT2D eigenvalue weighted by Gasteiger charge is 2.11. The molecule has 0 aliphatic rings. The molecule has 23 heavy (non-hydrogen) atoms. The summed E-state index contributed by atoms with van der Waals surface area (Å²) in [6.45, 7) is 2.95. The second-order valence-electron chi connectivity index (χ2n) is 5.62. The number of rotatable bonds is 8. The van der Waals surface area contributed by atoms with Gasteiger partial charge in [0.1, 0.15) is 0 Å². The van der Waals surface area contributed by atoms with Gasteiger partial charge in [-0.25, -0.2) is 0 Å². The molecule has 0 heterocycles. The van der Waals surface area contributed by atoms with Crippen molar-refractivity contribution in [2.24, 2.45) is 0 Å². The molecule has 0 aliphatic carbocycles. The summed E-state index contributed by atoms with van der Waals surface area (Å²) in [4.78, 5) is 0. The van der Waals surface area contributed by atoms with Crippen molar-refractivity contribution in [2.75, 3.05) is 14.2 Å². The van der Waals surface area contributed by atoms with Crippen LogP contribution in [0.4, 0.5) is 0 Å². The van der Waals surface area contributed by atoms with E-state index in [0.717, 1.165) is 24.9 Å². The molecule has 2 aromatic carbocycles. The molecule has 0 spiro atoms. The molecule has 2 aromatic rings. The molecule has 0 amide bonds. The fraction of sp³-hybridized carbons (Fsp3) is 0.368. The quantitative estimate of drug-likeness (QED) is 0.773. The predicted octanol–water partition coefficient (Wildman–Crippen LogP) is 4.47. The van der Waals surface area contributed by atoms with Gasteiger partial charge in [-0.05, 0) is 43.0 Å². The van der Waals surface area contributed by atoms with E-state index in [0.29, 0.717) is 22.6 Å². The Morgan fingerprint density at radius 1 is 1.04 bits per heavy atom. The molecule has 2 rings (SSSR count). The first-order chi connectivity index (χ1) is 11.1. The summed E-state index contributed by atoms with van der Waals surface area (Å²) in [6.07, 6.45) is 2.16. The zero-order valence-corrected chi connectivity index (χ0v) is 14.7. The highest BCUT2D eigenvalue weighted by Crippen LogP contribution is 2.35. The zero-order chi connectivity index (χ0) is 16.7. The van der Waals surface area contributed by atoms with Gasteiger partial charge in [-0.1, -0.05) is 41.9 Å². The lowest BCUT2D eigenvalue weighted by Gasteiger charge is -2.16. The SMILES string of the molecule is COc1cc(CN[C@H](C)CCc2ccccc2)cc(Cl)c1OC. The maximum absolute atomic E-state index is 6.24. The number of aryl methyl sites for hydroxylation is 1. The van der Waals surface area contributed by atoms with Crippen molar-refractivity contribution in [2.45, 2.75) is 32.4 Å². The van der Waals surface area contributed by atoms with Gasteiger partial charge in [0.05, 0.1) is 19.2 Å². The Kier molecular flexibility index (Phi) is 6.75. The van der Waals surface area contributed by atoms with Crippen molar-refractivity contribution in [1.82, 2.24) is 5.32 Å². The lowest BCUT2D eigenvalue weighted by molar-refractivity contribution is 0.354. The molecule has 3 nitrogen and oxygen atoms in total. The summed E-state index contributed by atoms with van der Waals surface area (Å²) >= 11 is 6.24. The molecular weight excluding hydrogens is 310 g/mol. The van der Waals surface area contributed by atoms with Crippen LogP contribution in [-0.4, -0.2) is 20.3 Å². The molecule has 0 bridgehead atoms. The van der Waals surface area contributed by atoms with Crippen LogP contribution in [0.1, 0.15) is 24.5 Å². The average Bonchev–Trinajstić information content (AvgIpc) is 2.58. The maximum Gasteiger partial charge on any atom is 0.179 e. The van der Waals surface area contributed by atoms with Gasteiger partial charge in [-0.3, -0.25) is 0 Å². The summed E-state index contributed by atoms with van der Waals surface area (Å²) in [5.74, 6) is 1.24. The molecule has 1 atom stereocenters. The third kappa shape index (κ3) is 5.15. The van der Waals surface area contributed by atoms with Crippen LogP contribution in [-0.2, 0) is 13.0 Å². The van der Waals surface area contributed by atoms with Crippen molar-refractivity contribution in [1.29, 1.82) is 0 Å². The number of halogens is 1. The van der Waals surface area contributed by atoms with E-state index >= 15 is 0 Å². The van der Waals surface area contributed by atoms with Crippen LogP contribution >= 0.6 is 11.6 Å². The number of benzene rings is 2. The van der Waals surface area contributed by atoms with Crippen LogP contribution in [0.15, 0.2) is 42.5 Å². The average molecular weight is 334 g/mol. The summed E-state index contributed by atoms with van der Waals surface area (Å²) in [6, 6.07) is 14.8. The van der Waals surface area contributed by atoms with Gasteiger partial charge in [0.15, 0.2) is 11.5 Å². The van der Waals surface area contributed by atoms with E-state index in [2.05, 4.69) is 36.5 Å². The first-order valence-corrected chi connectivity index (χ1v) is 8.19. The minimum atomic E-state index is 0.419. The number of hydrogen-bond donors (Lipinski definition) is 1. The van der Waals surface area contributed by atoms with Crippen LogP contribution in [0.2, 0.25) is 5.02 Å². The van der Waals surface area contributed by atoms with Gasteiger partial charge >= 0.3 is 0 Å². The highest BCUT2D eigenvalue weighted by atomic mass is 35.5. The van der Waals surface area contributed by atoms with E-state index in [-0.39, 0.29) is 0 Å². The lowest BCUT2D eigenvalue weighted by atomic mass is 10.1.